The zero-order chi connectivity index (χ0) is 19.8. The molecule has 2 aromatic carbocycles. The van der Waals surface area contributed by atoms with E-state index < -0.39 is 5.97 Å². The van der Waals surface area contributed by atoms with E-state index in [2.05, 4.69) is 5.32 Å². The number of ether oxygens (including phenoxy) is 2. The van der Waals surface area contributed by atoms with E-state index in [1.807, 2.05) is 64.1 Å². The fraction of sp³-hybridized carbons (Fsp3) is 0.364. The van der Waals surface area contributed by atoms with Crippen molar-refractivity contribution in [1.82, 2.24) is 0 Å². The highest BCUT2D eigenvalue weighted by Gasteiger charge is 2.13. The molecule has 0 aliphatic carbocycles. The number of rotatable bonds is 8. The molecule has 0 aromatic heterocycles. The molecule has 144 valence electrons. The molecule has 0 unspecified atom stereocenters. The fourth-order valence-electron chi connectivity index (χ4n) is 2.92. The standard InChI is InChI=1S/C22H27NO4/c1-5-17-8-7-9-18(6-2)22(17)23-20(24)13-27-21(25)14-26-19-11-15(3)10-16(4)12-19/h7-12H,5-6,13-14H2,1-4H3,(H,23,24). The molecule has 0 aliphatic heterocycles. The van der Waals surface area contributed by atoms with Crippen molar-refractivity contribution in [3.8, 4) is 5.75 Å². The van der Waals surface area contributed by atoms with Crippen molar-refractivity contribution in [3.63, 3.8) is 0 Å². The van der Waals surface area contributed by atoms with Crippen LogP contribution >= 0.6 is 0 Å². The van der Waals surface area contributed by atoms with Gasteiger partial charge in [-0.25, -0.2) is 4.79 Å². The summed E-state index contributed by atoms with van der Waals surface area (Å²) in [6.45, 7) is 7.42. The second-order valence-electron chi connectivity index (χ2n) is 6.48. The van der Waals surface area contributed by atoms with Crippen LogP contribution in [0.25, 0.3) is 0 Å². The second-order valence-corrected chi connectivity index (χ2v) is 6.48. The third-order valence-electron chi connectivity index (χ3n) is 4.18. The molecule has 1 N–H and O–H groups in total. The first-order chi connectivity index (χ1) is 12.9. The van der Waals surface area contributed by atoms with Gasteiger partial charge in [-0.3, -0.25) is 4.79 Å². The summed E-state index contributed by atoms with van der Waals surface area (Å²) in [6, 6.07) is 11.7. The second kappa shape index (κ2) is 9.76. The Hall–Kier alpha value is -2.82. The van der Waals surface area contributed by atoms with E-state index in [9.17, 15) is 9.59 Å². The van der Waals surface area contributed by atoms with Gasteiger partial charge >= 0.3 is 5.97 Å². The van der Waals surface area contributed by atoms with Crippen molar-refractivity contribution < 1.29 is 19.1 Å². The normalized spacial score (nSPS) is 10.4. The number of carbonyl (C=O) groups is 2. The van der Waals surface area contributed by atoms with Crippen LogP contribution in [-0.4, -0.2) is 25.1 Å². The van der Waals surface area contributed by atoms with Gasteiger partial charge in [0.15, 0.2) is 13.2 Å². The summed E-state index contributed by atoms with van der Waals surface area (Å²) in [6.07, 6.45) is 1.62. The maximum atomic E-state index is 12.2. The van der Waals surface area contributed by atoms with Crippen molar-refractivity contribution >= 4 is 17.6 Å². The molecule has 5 heteroatoms. The Labute approximate surface area is 160 Å². The van der Waals surface area contributed by atoms with E-state index in [4.69, 9.17) is 9.47 Å². The van der Waals surface area contributed by atoms with Crippen LogP contribution in [0.4, 0.5) is 5.69 Å². The number of hydrogen-bond donors (Lipinski definition) is 1. The molecule has 2 aromatic rings. The highest BCUT2D eigenvalue weighted by molar-refractivity contribution is 5.94. The van der Waals surface area contributed by atoms with Crippen LogP contribution in [0.5, 0.6) is 5.75 Å². The molecule has 0 bridgehead atoms. The molecular weight excluding hydrogens is 342 g/mol. The Balaban J connectivity index is 1.86. The number of para-hydroxylation sites is 1. The van der Waals surface area contributed by atoms with Gasteiger partial charge in [0.1, 0.15) is 5.75 Å². The Kier molecular flexibility index (Phi) is 7.41. The van der Waals surface area contributed by atoms with E-state index in [1.165, 1.54) is 0 Å². The third-order valence-corrected chi connectivity index (χ3v) is 4.18. The first-order valence-corrected chi connectivity index (χ1v) is 9.20. The minimum absolute atomic E-state index is 0.234. The first kappa shape index (κ1) is 20.5. The SMILES string of the molecule is CCc1cccc(CC)c1NC(=O)COC(=O)COc1cc(C)cc(C)c1. The van der Waals surface area contributed by atoms with E-state index in [0.717, 1.165) is 40.8 Å². The quantitative estimate of drug-likeness (QED) is 0.715. The molecule has 0 spiro atoms. The fourth-order valence-corrected chi connectivity index (χ4v) is 2.92. The highest BCUT2D eigenvalue weighted by atomic mass is 16.6. The predicted molar refractivity (Wildman–Crippen MR) is 106 cm³/mol. The van der Waals surface area contributed by atoms with Gasteiger partial charge < -0.3 is 14.8 Å². The lowest BCUT2D eigenvalue weighted by atomic mass is 10.0. The number of anilines is 1. The summed E-state index contributed by atoms with van der Waals surface area (Å²) in [5.41, 5.74) is 5.05. The molecule has 1 amide bonds. The number of aryl methyl sites for hydroxylation is 4. The van der Waals surface area contributed by atoms with Crippen molar-refractivity contribution in [2.45, 2.75) is 40.5 Å². The highest BCUT2D eigenvalue weighted by Crippen LogP contribution is 2.22. The molecule has 0 saturated heterocycles. The number of hydrogen-bond acceptors (Lipinski definition) is 4. The van der Waals surface area contributed by atoms with Gasteiger partial charge in [0, 0.05) is 5.69 Å². The number of nitrogens with one attached hydrogen (secondary N) is 1. The molecule has 0 radical (unpaired) electrons. The molecule has 5 nitrogen and oxygen atoms in total. The predicted octanol–water partition coefficient (Wildman–Crippen LogP) is 3.99. The van der Waals surface area contributed by atoms with Crippen molar-refractivity contribution in [2.75, 3.05) is 18.5 Å². The number of benzene rings is 2. The maximum Gasteiger partial charge on any atom is 0.344 e. The van der Waals surface area contributed by atoms with Crippen molar-refractivity contribution in [3.05, 3.63) is 58.7 Å². The Morgan fingerprint density at radius 3 is 2.07 bits per heavy atom. The Morgan fingerprint density at radius 1 is 0.926 bits per heavy atom. The largest absolute Gasteiger partial charge is 0.482 e. The summed E-state index contributed by atoms with van der Waals surface area (Å²) in [7, 11) is 0. The van der Waals surface area contributed by atoms with Gasteiger partial charge in [-0.1, -0.05) is 38.1 Å². The molecule has 0 fully saturated rings. The lowest BCUT2D eigenvalue weighted by Crippen LogP contribution is -2.24. The van der Waals surface area contributed by atoms with Crippen LogP contribution in [0.15, 0.2) is 36.4 Å². The van der Waals surface area contributed by atoms with E-state index >= 15 is 0 Å². The average molecular weight is 369 g/mol. The molecule has 27 heavy (non-hydrogen) atoms. The van der Waals surface area contributed by atoms with Crippen LogP contribution in [0.1, 0.15) is 36.1 Å². The van der Waals surface area contributed by atoms with Crippen LogP contribution < -0.4 is 10.1 Å². The Bertz CT molecular complexity index is 771. The summed E-state index contributed by atoms with van der Waals surface area (Å²) >= 11 is 0. The number of amides is 1. The third kappa shape index (κ3) is 6.13. The molecule has 0 atom stereocenters. The van der Waals surface area contributed by atoms with Gasteiger partial charge in [0.05, 0.1) is 0 Å². The number of esters is 1. The number of carbonyl (C=O) groups excluding carboxylic acids is 2. The lowest BCUT2D eigenvalue weighted by Gasteiger charge is -2.14. The van der Waals surface area contributed by atoms with Crippen LogP contribution in [0.2, 0.25) is 0 Å². The lowest BCUT2D eigenvalue weighted by molar-refractivity contribution is -0.149. The van der Waals surface area contributed by atoms with Crippen molar-refractivity contribution in [2.24, 2.45) is 0 Å². The van der Waals surface area contributed by atoms with Gasteiger partial charge in [0.2, 0.25) is 0 Å². The van der Waals surface area contributed by atoms with Crippen LogP contribution in [0, 0.1) is 13.8 Å². The average Bonchev–Trinajstić information content (AvgIpc) is 2.64. The smallest absolute Gasteiger partial charge is 0.344 e. The van der Waals surface area contributed by atoms with E-state index in [1.54, 1.807) is 0 Å². The van der Waals surface area contributed by atoms with Gasteiger partial charge in [0.25, 0.3) is 5.91 Å². The molecule has 0 heterocycles. The summed E-state index contributed by atoms with van der Waals surface area (Å²) < 4.78 is 10.5. The molecular formula is C22H27NO4. The molecule has 0 saturated carbocycles. The topological polar surface area (TPSA) is 64.6 Å². The summed E-state index contributed by atoms with van der Waals surface area (Å²) in [4.78, 5) is 24.0. The summed E-state index contributed by atoms with van der Waals surface area (Å²) in [5.74, 6) is -0.326. The van der Waals surface area contributed by atoms with Crippen LogP contribution in [-0.2, 0) is 27.2 Å². The van der Waals surface area contributed by atoms with Gasteiger partial charge in [-0.05, 0) is 61.1 Å². The van der Waals surface area contributed by atoms with E-state index in [0.29, 0.717) is 5.75 Å². The molecule has 0 aliphatic rings. The minimum Gasteiger partial charge on any atom is -0.482 e. The van der Waals surface area contributed by atoms with Gasteiger partial charge in [-0.15, -0.1) is 0 Å². The summed E-state index contributed by atoms with van der Waals surface area (Å²) in [5, 5.41) is 2.87. The first-order valence-electron chi connectivity index (χ1n) is 9.20. The van der Waals surface area contributed by atoms with Gasteiger partial charge in [-0.2, -0.15) is 0 Å². The Morgan fingerprint density at radius 2 is 1.52 bits per heavy atom. The zero-order valence-electron chi connectivity index (χ0n) is 16.4. The van der Waals surface area contributed by atoms with Crippen LogP contribution in [0.3, 0.4) is 0 Å². The zero-order valence-corrected chi connectivity index (χ0v) is 16.4. The minimum atomic E-state index is -0.580. The van der Waals surface area contributed by atoms with E-state index in [-0.39, 0.29) is 19.1 Å². The monoisotopic (exact) mass is 369 g/mol. The van der Waals surface area contributed by atoms with Crippen molar-refractivity contribution in [1.29, 1.82) is 0 Å². The maximum absolute atomic E-state index is 12.2. The molecule has 2 rings (SSSR count).